The summed E-state index contributed by atoms with van der Waals surface area (Å²) in [5.74, 6) is 0.592. The van der Waals surface area contributed by atoms with Crippen LogP contribution < -0.4 is 0 Å². The number of aryl methyl sites for hydroxylation is 2. The van der Waals surface area contributed by atoms with Crippen LogP contribution in [0.1, 0.15) is 9.75 Å². The average molecular weight is 259 g/mol. The fourth-order valence-corrected chi connectivity index (χ4v) is 2.71. The van der Waals surface area contributed by atoms with E-state index in [1.54, 1.807) is 11.3 Å². The van der Waals surface area contributed by atoms with Crippen LogP contribution in [0, 0.1) is 13.8 Å². The standard InChI is InChI=1S/C10H8Cl2N2S/c1-5-3-7(6(2)15-5)10-13-8(11)4-9(12)14-10/h3-4H,1-2H3. The summed E-state index contributed by atoms with van der Waals surface area (Å²) in [4.78, 5) is 10.7. The highest BCUT2D eigenvalue weighted by Gasteiger charge is 2.10. The van der Waals surface area contributed by atoms with Crippen molar-refractivity contribution in [3.05, 3.63) is 32.2 Å². The van der Waals surface area contributed by atoms with Gasteiger partial charge in [-0.1, -0.05) is 23.2 Å². The van der Waals surface area contributed by atoms with Gasteiger partial charge in [-0.15, -0.1) is 11.3 Å². The average Bonchev–Trinajstić information content (AvgIpc) is 2.43. The zero-order valence-electron chi connectivity index (χ0n) is 8.21. The maximum absolute atomic E-state index is 5.83. The molecule has 78 valence electrons. The predicted molar refractivity (Wildman–Crippen MR) is 64.8 cm³/mol. The molecule has 0 bridgehead atoms. The number of hydrogen-bond acceptors (Lipinski definition) is 3. The fourth-order valence-electron chi connectivity index (χ4n) is 1.36. The van der Waals surface area contributed by atoms with Gasteiger partial charge in [0.15, 0.2) is 5.82 Å². The maximum Gasteiger partial charge on any atom is 0.163 e. The van der Waals surface area contributed by atoms with Gasteiger partial charge in [-0.05, 0) is 19.9 Å². The third kappa shape index (κ3) is 2.30. The summed E-state index contributed by atoms with van der Waals surface area (Å²) in [5.41, 5.74) is 1.00. The Kier molecular flexibility index (Phi) is 2.96. The Balaban J connectivity index is 2.58. The Morgan fingerprint density at radius 2 is 1.67 bits per heavy atom. The smallest absolute Gasteiger partial charge is 0.163 e. The van der Waals surface area contributed by atoms with Crippen LogP contribution >= 0.6 is 34.5 Å². The van der Waals surface area contributed by atoms with Gasteiger partial charge in [0.2, 0.25) is 0 Å². The summed E-state index contributed by atoms with van der Waals surface area (Å²) in [6, 6.07) is 3.57. The quantitative estimate of drug-likeness (QED) is 0.719. The first-order valence-corrected chi connectivity index (χ1v) is 5.91. The van der Waals surface area contributed by atoms with Crippen molar-refractivity contribution < 1.29 is 0 Å². The van der Waals surface area contributed by atoms with Crippen LogP contribution in [-0.2, 0) is 0 Å². The topological polar surface area (TPSA) is 25.8 Å². The number of nitrogens with zero attached hydrogens (tertiary/aromatic N) is 2. The summed E-state index contributed by atoms with van der Waals surface area (Å²) in [6.07, 6.45) is 0. The van der Waals surface area contributed by atoms with Gasteiger partial charge in [0.1, 0.15) is 10.3 Å². The second-order valence-corrected chi connectivity index (χ2v) is 5.40. The Morgan fingerprint density at radius 1 is 1.07 bits per heavy atom. The molecule has 0 radical (unpaired) electrons. The van der Waals surface area contributed by atoms with E-state index in [1.165, 1.54) is 15.8 Å². The van der Waals surface area contributed by atoms with Gasteiger partial charge in [0.05, 0.1) is 0 Å². The molecule has 2 rings (SSSR count). The van der Waals surface area contributed by atoms with Crippen molar-refractivity contribution in [3.63, 3.8) is 0 Å². The molecule has 5 heteroatoms. The SMILES string of the molecule is Cc1cc(-c2nc(Cl)cc(Cl)n2)c(C)s1. The summed E-state index contributed by atoms with van der Waals surface area (Å²) in [6.45, 7) is 4.08. The van der Waals surface area contributed by atoms with Gasteiger partial charge in [-0.3, -0.25) is 0 Å². The Labute approximate surface area is 102 Å². The van der Waals surface area contributed by atoms with Crippen LogP contribution in [0.15, 0.2) is 12.1 Å². The number of rotatable bonds is 1. The number of halogens is 2. The van der Waals surface area contributed by atoms with E-state index in [2.05, 4.69) is 9.97 Å². The van der Waals surface area contributed by atoms with Crippen molar-refractivity contribution >= 4 is 34.5 Å². The van der Waals surface area contributed by atoms with E-state index in [1.807, 2.05) is 19.9 Å². The normalized spacial score (nSPS) is 10.7. The molecule has 0 aliphatic carbocycles. The van der Waals surface area contributed by atoms with Crippen LogP contribution in [0.25, 0.3) is 11.4 Å². The lowest BCUT2D eigenvalue weighted by atomic mass is 10.2. The van der Waals surface area contributed by atoms with Crippen LogP contribution in [0.2, 0.25) is 10.3 Å². The minimum absolute atomic E-state index is 0.369. The lowest BCUT2D eigenvalue weighted by Crippen LogP contribution is -1.89. The molecule has 0 fully saturated rings. The molecule has 15 heavy (non-hydrogen) atoms. The second-order valence-electron chi connectivity index (χ2n) is 3.16. The lowest BCUT2D eigenvalue weighted by molar-refractivity contribution is 1.17. The van der Waals surface area contributed by atoms with E-state index < -0.39 is 0 Å². The summed E-state index contributed by atoms with van der Waals surface area (Å²) in [7, 11) is 0. The first-order valence-electron chi connectivity index (χ1n) is 4.34. The molecule has 0 saturated heterocycles. The second kappa shape index (κ2) is 4.08. The van der Waals surface area contributed by atoms with Crippen LogP contribution in [0.4, 0.5) is 0 Å². The number of hydrogen-bond donors (Lipinski definition) is 0. The van der Waals surface area contributed by atoms with E-state index in [-0.39, 0.29) is 0 Å². The van der Waals surface area contributed by atoms with Crippen molar-refractivity contribution in [2.45, 2.75) is 13.8 Å². The molecular weight excluding hydrogens is 251 g/mol. The largest absolute Gasteiger partial charge is 0.216 e. The van der Waals surface area contributed by atoms with Gasteiger partial charge >= 0.3 is 0 Å². The van der Waals surface area contributed by atoms with E-state index in [9.17, 15) is 0 Å². The Morgan fingerprint density at radius 3 is 2.13 bits per heavy atom. The third-order valence-electron chi connectivity index (χ3n) is 1.95. The van der Waals surface area contributed by atoms with Crippen molar-refractivity contribution in [3.8, 4) is 11.4 Å². The van der Waals surface area contributed by atoms with Crippen molar-refractivity contribution in [1.82, 2.24) is 9.97 Å². The van der Waals surface area contributed by atoms with Crippen LogP contribution in [-0.4, -0.2) is 9.97 Å². The Bertz CT molecular complexity index is 488. The van der Waals surface area contributed by atoms with Gasteiger partial charge < -0.3 is 0 Å². The minimum atomic E-state index is 0.369. The molecule has 2 aromatic heterocycles. The number of aromatic nitrogens is 2. The zero-order chi connectivity index (χ0) is 11.0. The molecule has 0 aliphatic heterocycles. The van der Waals surface area contributed by atoms with Crippen LogP contribution in [0.3, 0.4) is 0 Å². The number of thiophene rings is 1. The molecule has 0 aromatic carbocycles. The summed E-state index contributed by atoms with van der Waals surface area (Å²) < 4.78 is 0. The van der Waals surface area contributed by atoms with Gasteiger partial charge in [0.25, 0.3) is 0 Å². The third-order valence-corrected chi connectivity index (χ3v) is 3.30. The highest BCUT2D eigenvalue weighted by molar-refractivity contribution is 7.12. The fraction of sp³-hybridized carbons (Fsp3) is 0.200. The molecule has 0 atom stereocenters. The molecule has 2 heterocycles. The molecule has 2 nitrogen and oxygen atoms in total. The molecule has 2 aromatic rings. The zero-order valence-corrected chi connectivity index (χ0v) is 10.5. The highest BCUT2D eigenvalue weighted by Crippen LogP contribution is 2.29. The molecule has 0 saturated carbocycles. The monoisotopic (exact) mass is 258 g/mol. The van der Waals surface area contributed by atoms with Crippen molar-refractivity contribution in [1.29, 1.82) is 0 Å². The lowest BCUT2D eigenvalue weighted by Gasteiger charge is -1.99. The molecule has 0 N–H and O–H groups in total. The van der Waals surface area contributed by atoms with Crippen molar-refractivity contribution in [2.75, 3.05) is 0 Å². The minimum Gasteiger partial charge on any atom is -0.216 e. The molecule has 0 amide bonds. The van der Waals surface area contributed by atoms with E-state index in [0.717, 1.165) is 5.56 Å². The van der Waals surface area contributed by atoms with Gasteiger partial charge in [-0.25, -0.2) is 9.97 Å². The molecule has 0 unspecified atom stereocenters. The Hall–Kier alpha value is -0.640. The van der Waals surface area contributed by atoms with E-state index >= 15 is 0 Å². The van der Waals surface area contributed by atoms with Crippen molar-refractivity contribution in [2.24, 2.45) is 0 Å². The predicted octanol–water partition coefficient (Wildman–Crippen LogP) is 4.13. The molecular formula is C10H8Cl2N2S. The highest BCUT2D eigenvalue weighted by atomic mass is 35.5. The van der Waals surface area contributed by atoms with Crippen LogP contribution in [0.5, 0.6) is 0 Å². The maximum atomic E-state index is 5.83. The first-order chi connectivity index (χ1) is 7.06. The van der Waals surface area contributed by atoms with E-state index in [0.29, 0.717) is 16.1 Å². The first kappa shape index (κ1) is 10.9. The van der Waals surface area contributed by atoms with E-state index in [4.69, 9.17) is 23.2 Å². The van der Waals surface area contributed by atoms with Gasteiger partial charge in [-0.2, -0.15) is 0 Å². The molecule has 0 spiro atoms. The summed E-state index contributed by atoms with van der Waals surface area (Å²) in [5, 5.41) is 0.738. The van der Waals surface area contributed by atoms with Gasteiger partial charge in [0, 0.05) is 21.4 Å². The summed E-state index contributed by atoms with van der Waals surface area (Å²) >= 11 is 13.4. The molecule has 0 aliphatic rings.